The molecule has 3 atom stereocenters. The molecule has 0 radical (unpaired) electrons. The Kier molecular flexibility index (Phi) is 7.49. The number of aromatic nitrogens is 2. The van der Waals surface area contributed by atoms with Crippen LogP contribution in [0.5, 0.6) is 11.5 Å². The van der Waals surface area contributed by atoms with Crippen molar-refractivity contribution in [3.8, 4) is 11.5 Å². The fourth-order valence-corrected chi connectivity index (χ4v) is 7.13. The van der Waals surface area contributed by atoms with Crippen LogP contribution in [0.25, 0.3) is 6.08 Å². The van der Waals surface area contributed by atoms with E-state index in [2.05, 4.69) is 15.5 Å². The summed E-state index contributed by atoms with van der Waals surface area (Å²) in [6, 6.07) is 11.3. The number of benzene rings is 2. The predicted octanol–water partition coefficient (Wildman–Crippen LogP) is 5.85. The van der Waals surface area contributed by atoms with E-state index in [1.165, 1.54) is 0 Å². The number of ether oxygens (including phenoxy) is 3. The third-order valence-corrected chi connectivity index (χ3v) is 9.84. The fraction of sp³-hybridized carbons (Fsp3) is 0.486. The number of halogens is 1. The van der Waals surface area contributed by atoms with Gasteiger partial charge >= 0.3 is 5.97 Å². The molecule has 232 valence electrons. The van der Waals surface area contributed by atoms with Crippen LogP contribution in [0.4, 0.5) is 4.39 Å². The van der Waals surface area contributed by atoms with Gasteiger partial charge in [-0.3, -0.25) is 4.90 Å². The third-order valence-electron chi connectivity index (χ3n) is 9.84. The molecule has 1 aliphatic carbocycles. The van der Waals surface area contributed by atoms with Crippen molar-refractivity contribution in [2.75, 3.05) is 26.3 Å². The molecule has 1 N–H and O–H groups in total. The molecule has 0 spiro atoms. The molecule has 44 heavy (non-hydrogen) atoms. The molecule has 2 aromatic carbocycles. The predicted molar refractivity (Wildman–Crippen MR) is 163 cm³/mol. The molecule has 2 saturated heterocycles. The van der Waals surface area contributed by atoms with Crippen molar-refractivity contribution in [2.24, 2.45) is 5.92 Å². The summed E-state index contributed by atoms with van der Waals surface area (Å²) in [5.74, 6) is 1.48. The average molecular weight is 602 g/mol. The quantitative estimate of drug-likeness (QED) is 0.364. The highest BCUT2D eigenvalue weighted by Gasteiger charge is 2.39. The minimum atomic E-state index is -0.922. The molecule has 4 aliphatic rings. The van der Waals surface area contributed by atoms with Gasteiger partial charge in [-0.05, 0) is 88.2 Å². The number of piperidine rings is 1. The summed E-state index contributed by atoms with van der Waals surface area (Å²) in [6.45, 7) is 9.93. The first-order valence-electron chi connectivity index (χ1n) is 15.8. The number of fused-ring (bicyclic) bond motifs is 2. The summed E-state index contributed by atoms with van der Waals surface area (Å²) in [5.41, 5.74) is 3.90. The highest BCUT2D eigenvalue weighted by Crippen LogP contribution is 2.46. The van der Waals surface area contributed by atoms with E-state index in [9.17, 15) is 9.90 Å². The standard InChI is InChI=1S/C35H40FN3O5/c1-21-7-8-27(28(36)15-21)35(3)20-43-31-6-4-5-25(33(31)44-35)23-9-12-38(13-10-23)19-32-37-29-16-22(2)26(34(40)41)17-30(29)39(32)18-24-11-14-42-24/h4-8,15,17,22-24H,9-14,16,18-20H2,1-3H3,(H,40,41)/t22?,24-,35-/m0/s1. The summed E-state index contributed by atoms with van der Waals surface area (Å²) in [6.07, 6.45) is 5.50. The third kappa shape index (κ3) is 5.30. The van der Waals surface area contributed by atoms with Crippen LogP contribution >= 0.6 is 0 Å². The van der Waals surface area contributed by atoms with Crippen LogP contribution in [-0.4, -0.2) is 57.9 Å². The molecule has 8 nitrogen and oxygen atoms in total. The number of carbonyl (C=O) groups is 1. The highest BCUT2D eigenvalue weighted by atomic mass is 19.1. The van der Waals surface area contributed by atoms with Crippen LogP contribution in [0.15, 0.2) is 42.0 Å². The number of hydrogen-bond donors (Lipinski definition) is 1. The Morgan fingerprint density at radius 2 is 1.98 bits per heavy atom. The second kappa shape index (κ2) is 11.3. The van der Waals surface area contributed by atoms with Crippen molar-refractivity contribution in [1.82, 2.24) is 14.5 Å². The lowest BCUT2D eigenvalue weighted by atomic mass is 9.87. The second-order valence-electron chi connectivity index (χ2n) is 13.1. The van der Waals surface area contributed by atoms with E-state index in [0.29, 0.717) is 36.4 Å². The molecule has 4 heterocycles. The maximum absolute atomic E-state index is 15.0. The van der Waals surface area contributed by atoms with Crippen LogP contribution in [0.2, 0.25) is 0 Å². The van der Waals surface area contributed by atoms with Gasteiger partial charge in [-0.25, -0.2) is 14.2 Å². The average Bonchev–Trinajstić information content (AvgIpc) is 3.29. The normalized spacial score (nSPS) is 25.2. The zero-order valence-corrected chi connectivity index (χ0v) is 25.6. The van der Waals surface area contributed by atoms with Crippen molar-refractivity contribution < 1.29 is 28.5 Å². The molecule has 2 fully saturated rings. The number of rotatable bonds is 7. The van der Waals surface area contributed by atoms with Gasteiger partial charge in [0.1, 0.15) is 18.2 Å². The summed E-state index contributed by atoms with van der Waals surface area (Å²) < 4.78 is 35.8. The zero-order valence-electron chi connectivity index (χ0n) is 25.6. The Balaban J connectivity index is 1.08. The number of carboxylic acid groups (broad SMARTS) is 1. The van der Waals surface area contributed by atoms with Crippen LogP contribution in [0.3, 0.4) is 0 Å². The second-order valence-corrected chi connectivity index (χ2v) is 13.1. The largest absolute Gasteiger partial charge is 0.485 e. The number of aliphatic carboxylic acids is 1. The Hall–Kier alpha value is -3.69. The number of hydrogen-bond acceptors (Lipinski definition) is 6. The van der Waals surface area contributed by atoms with Gasteiger partial charge in [-0.1, -0.05) is 31.2 Å². The smallest absolute Gasteiger partial charge is 0.331 e. The molecule has 1 unspecified atom stereocenters. The number of aryl methyl sites for hydroxylation is 1. The van der Waals surface area contributed by atoms with Gasteiger partial charge in [0.05, 0.1) is 30.6 Å². The molecule has 3 aliphatic heterocycles. The van der Waals surface area contributed by atoms with Crippen molar-refractivity contribution in [2.45, 2.75) is 77.2 Å². The lowest BCUT2D eigenvalue weighted by Crippen LogP contribution is -2.41. The first kappa shape index (κ1) is 29.0. The Morgan fingerprint density at radius 1 is 1.18 bits per heavy atom. The number of carboxylic acids is 1. The highest BCUT2D eigenvalue weighted by molar-refractivity contribution is 5.93. The van der Waals surface area contributed by atoms with Crippen molar-refractivity contribution >= 4 is 12.0 Å². The van der Waals surface area contributed by atoms with Crippen LogP contribution in [0.1, 0.15) is 72.9 Å². The zero-order chi connectivity index (χ0) is 30.6. The summed E-state index contributed by atoms with van der Waals surface area (Å²) in [7, 11) is 0. The van der Waals surface area contributed by atoms with Crippen molar-refractivity contribution in [3.63, 3.8) is 0 Å². The van der Waals surface area contributed by atoms with E-state index >= 15 is 4.39 Å². The first-order valence-corrected chi connectivity index (χ1v) is 15.8. The molecule has 1 aromatic heterocycles. The van der Waals surface area contributed by atoms with Crippen LogP contribution in [-0.2, 0) is 34.6 Å². The molecule has 3 aromatic rings. The van der Waals surface area contributed by atoms with Gasteiger partial charge in [0.15, 0.2) is 17.1 Å². The van der Waals surface area contributed by atoms with Gasteiger partial charge in [0, 0.05) is 23.3 Å². The Labute approximate surface area is 257 Å². The number of likely N-dealkylation sites (tertiary alicyclic amines) is 1. The first-order chi connectivity index (χ1) is 21.2. The maximum atomic E-state index is 15.0. The number of nitrogens with zero attached hydrogens (tertiary/aromatic N) is 3. The van der Waals surface area contributed by atoms with Gasteiger partial charge in [0.25, 0.3) is 0 Å². The van der Waals surface area contributed by atoms with Gasteiger partial charge in [0.2, 0.25) is 0 Å². The maximum Gasteiger partial charge on any atom is 0.331 e. The fourth-order valence-electron chi connectivity index (χ4n) is 7.13. The summed E-state index contributed by atoms with van der Waals surface area (Å²) in [4.78, 5) is 19.4. The van der Waals surface area contributed by atoms with Gasteiger partial charge < -0.3 is 23.9 Å². The number of imidazole rings is 1. The minimum Gasteiger partial charge on any atom is -0.485 e. The van der Waals surface area contributed by atoms with Crippen LogP contribution < -0.4 is 9.47 Å². The number of para-hydroxylation sites is 1. The molecular weight excluding hydrogens is 561 g/mol. The summed E-state index contributed by atoms with van der Waals surface area (Å²) in [5, 5.41) is 9.77. The van der Waals surface area contributed by atoms with E-state index in [4.69, 9.17) is 19.2 Å². The van der Waals surface area contributed by atoms with Crippen LogP contribution in [0, 0.1) is 18.7 Å². The topological polar surface area (TPSA) is 86.0 Å². The van der Waals surface area contributed by atoms with E-state index in [-0.39, 0.29) is 30.4 Å². The molecule has 0 bridgehead atoms. The lowest BCUT2D eigenvalue weighted by molar-refractivity contribution is -0.133. The van der Waals surface area contributed by atoms with E-state index < -0.39 is 11.6 Å². The van der Waals surface area contributed by atoms with Crippen molar-refractivity contribution in [3.05, 3.63) is 81.7 Å². The SMILES string of the molecule is Cc1ccc([C@]2(C)COc3cccc(C4CCN(Cc5nc6c(n5C[C@@H]5CCO5)C=C(C(=O)O)C(C)C6)CC4)c3O2)c(F)c1. The van der Waals surface area contributed by atoms with E-state index in [1.54, 1.807) is 12.1 Å². The molecule has 0 saturated carbocycles. The lowest BCUT2D eigenvalue weighted by Gasteiger charge is -2.39. The molecule has 0 amide bonds. The summed E-state index contributed by atoms with van der Waals surface area (Å²) >= 11 is 0. The van der Waals surface area contributed by atoms with E-state index in [0.717, 1.165) is 73.0 Å². The minimum absolute atomic E-state index is 0.0701. The molecule has 7 rings (SSSR count). The molecule has 9 heteroatoms. The molecular formula is C35H40FN3O5. The van der Waals surface area contributed by atoms with E-state index in [1.807, 2.05) is 45.0 Å². The van der Waals surface area contributed by atoms with Gasteiger partial charge in [-0.15, -0.1) is 0 Å². The Morgan fingerprint density at radius 3 is 2.68 bits per heavy atom. The van der Waals surface area contributed by atoms with Gasteiger partial charge in [-0.2, -0.15) is 0 Å². The Bertz CT molecular complexity index is 1620. The monoisotopic (exact) mass is 601 g/mol. The van der Waals surface area contributed by atoms with Crippen molar-refractivity contribution in [1.29, 1.82) is 0 Å².